The normalized spacial score (nSPS) is 13.4. The molecule has 0 rings (SSSR count). The first kappa shape index (κ1) is 41.5. The van der Waals surface area contributed by atoms with E-state index >= 15 is 0 Å². The van der Waals surface area contributed by atoms with Gasteiger partial charge in [-0.25, -0.2) is 4.57 Å². The highest BCUT2D eigenvalue weighted by Gasteiger charge is 2.25. The summed E-state index contributed by atoms with van der Waals surface area (Å²) in [6.45, 7) is 4.10. The zero-order valence-electron chi connectivity index (χ0n) is 27.7. The van der Waals surface area contributed by atoms with Gasteiger partial charge in [0.05, 0.1) is 18.8 Å². The first-order valence-electron chi connectivity index (χ1n) is 18.0. The number of phosphoric acid groups is 1. The van der Waals surface area contributed by atoms with Crippen LogP contribution in [-0.4, -0.2) is 39.6 Å². The number of carbonyl (C=O) groups is 1. The van der Waals surface area contributed by atoms with Gasteiger partial charge in [0.1, 0.15) is 0 Å². The zero-order valence-corrected chi connectivity index (χ0v) is 28.6. The summed E-state index contributed by atoms with van der Waals surface area (Å²) in [6, 6.07) is -0.815. The molecule has 0 saturated heterocycles. The molecule has 8 heteroatoms. The molecule has 0 spiro atoms. The third kappa shape index (κ3) is 31.0. The molecule has 0 aliphatic rings. The molecule has 0 aromatic rings. The van der Waals surface area contributed by atoms with E-state index in [1.165, 1.54) is 128 Å². The number of hydrogen-bond donors (Lipinski definition) is 4. The van der Waals surface area contributed by atoms with Crippen LogP contribution in [0.25, 0.3) is 0 Å². The van der Waals surface area contributed by atoms with E-state index in [-0.39, 0.29) is 5.91 Å². The molecule has 4 N–H and O–H groups in total. The standard InChI is InChI=1S/C34H70NO6P/c1-3-5-7-9-11-13-15-17-18-20-22-24-26-28-30-34(37)35-32(31-41-42(38,39)40)33(36)29-27-25-23-21-19-16-14-12-10-8-6-4-2/h32-33,36H,3-31H2,1-2H3,(H,35,37)(H2,38,39,40)/t32-,33+/m0/s1. The highest BCUT2D eigenvalue weighted by Crippen LogP contribution is 2.36. The number of hydrogen-bond acceptors (Lipinski definition) is 4. The van der Waals surface area contributed by atoms with E-state index in [4.69, 9.17) is 9.79 Å². The van der Waals surface area contributed by atoms with Gasteiger partial charge in [0, 0.05) is 6.42 Å². The zero-order chi connectivity index (χ0) is 31.2. The Hall–Kier alpha value is -0.460. The van der Waals surface area contributed by atoms with E-state index in [0.29, 0.717) is 12.8 Å². The Morgan fingerprint density at radius 2 is 0.929 bits per heavy atom. The van der Waals surface area contributed by atoms with E-state index in [0.717, 1.165) is 38.5 Å². The quantitative estimate of drug-likeness (QED) is 0.0429. The van der Waals surface area contributed by atoms with E-state index in [1.807, 2.05) is 0 Å². The third-order valence-electron chi connectivity index (χ3n) is 8.34. The molecule has 0 bridgehead atoms. The molecular formula is C34H70NO6P. The van der Waals surface area contributed by atoms with Crippen LogP contribution in [0.3, 0.4) is 0 Å². The molecule has 0 aliphatic heterocycles. The number of unbranched alkanes of at least 4 members (excludes halogenated alkanes) is 24. The number of nitrogens with one attached hydrogen (secondary N) is 1. The van der Waals surface area contributed by atoms with Crippen LogP contribution >= 0.6 is 7.82 Å². The number of aliphatic hydroxyl groups excluding tert-OH is 1. The first-order valence-corrected chi connectivity index (χ1v) is 19.5. The molecule has 2 atom stereocenters. The van der Waals surface area contributed by atoms with Gasteiger partial charge in [-0.05, 0) is 12.8 Å². The van der Waals surface area contributed by atoms with Crippen molar-refractivity contribution in [1.82, 2.24) is 5.32 Å². The number of phosphoric ester groups is 1. The van der Waals surface area contributed by atoms with Crippen LogP contribution in [0.2, 0.25) is 0 Å². The average molecular weight is 620 g/mol. The van der Waals surface area contributed by atoms with Crippen LogP contribution in [0.4, 0.5) is 0 Å². The lowest BCUT2D eigenvalue weighted by atomic mass is 10.0. The summed E-state index contributed by atoms with van der Waals surface area (Å²) in [7, 11) is -4.68. The van der Waals surface area contributed by atoms with Crippen LogP contribution in [0.1, 0.15) is 194 Å². The maximum atomic E-state index is 12.5. The number of amides is 1. The van der Waals surface area contributed by atoms with Crippen molar-refractivity contribution in [2.45, 2.75) is 206 Å². The van der Waals surface area contributed by atoms with Crippen molar-refractivity contribution in [2.24, 2.45) is 0 Å². The Bertz CT molecular complexity index is 629. The molecule has 0 heterocycles. The van der Waals surface area contributed by atoms with E-state index < -0.39 is 26.6 Å². The molecule has 0 aliphatic carbocycles. The predicted molar refractivity (Wildman–Crippen MR) is 177 cm³/mol. The number of carbonyl (C=O) groups excluding carboxylic acids is 1. The van der Waals surface area contributed by atoms with Gasteiger partial charge in [0.15, 0.2) is 0 Å². The fourth-order valence-corrected chi connectivity index (χ4v) is 5.94. The predicted octanol–water partition coefficient (Wildman–Crippen LogP) is 9.90. The lowest BCUT2D eigenvalue weighted by Gasteiger charge is -2.24. The summed E-state index contributed by atoms with van der Waals surface area (Å²) in [5.41, 5.74) is 0. The van der Waals surface area contributed by atoms with Crippen molar-refractivity contribution in [3.05, 3.63) is 0 Å². The second kappa shape index (κ2) is 30.6. The minimum Gasteiger partial charge on any atom is -0.391 e. The largest absolute Gasteiger partial charge is 0.469 e. The topological polar surface area (TPSA) is 116 Å². The van der Waals surface area contributed by atoms with Crippen LogP contribution in [0.15, 0.2) is 0 Å². The summed E-state index contributed by atoms with van der Waals surface area (Å²) in [6.07, 6.45) is 32.2. The highest BCUT2D eigenvalue weighted by atomic mass is 31.2. The molecule has 0 fully saturated rings. The summed E-state index contributed by atoms with van der Waals surface area (Å²) < 4.78 is 15.9. The second-order valence-corrected chi connectivity index (χ2v) is 13.8. The van der Waals surface area contributed by atoms with Gasteiger partial charge < -0.3 is 20.2 Å². The third-order valence-corrected chi connectivity index (χ3v) is 8.83. The van der Waals surface area contributed by atoms with Crippen LogP contribution < -0.4 is 5.32 Å². The fourth-order valence-electron chi connectivity index (χ4n) is 5.58. The fraction of sp³-hybridized carbons (Fsp3) is 0.971. The summed E-state index contributed by atoms with van der Waals surface area (Å²) in [4.78, 5) is 30.7. The van der Waals surface area contributed by atoms with Crippen molar-refractivity contribution >= 4 is 13.7 Å². The molecule has 0 aromatic heterocycles. The summed E-state index contributed by atoms with van der Waals surface area (Å²) in [5.74, 6) is -0.193. The Balaban J connectivity index is 3.97. The van der Waals surface area contributed by atoms with Crippen molar-refractivity contribution in [1.29, 1.82) is 0 Å². The molecule has 1 amide bonds. The molecule has 0 saturated carbocycles. The van der Waals surface area contributed by atoms with Crippen molar-refractivity contribution in [3.63, 3.8) is 0 Å². The van der Waals surface area contributed by atoms with Gasteiger partial charge in [-0.2, -0.15) is 0 Å². The molecule has 7 nitrogen and oxygen atoms in total. The lowest BCUT2D eigenvalue weighted by Crippen LogP contribution is -2.46. The minimum absolute atomic E-state index is 0.193. The lowest BCUT2D eigenvalue weighted by molar-refractivity contribution is -0.123. The van der Waals surface area contributed by atoms with Crippen LogP contribution in [0, 0.1) is 0 Å². The van der Waals surface area contributed by atoms with Crippen molar-refractivity contribution in [3.8, 4) is 0 Å². The maximum Gasteiger partial charge on any atom is 0.469 e. The van der Waals surface area contributed by atoms with Crippen LogP contribution in [0.5, 0.6) is 0 Å². The van der Waals surface area contributed by atoms with E-state index in [9.17, 15) is 14.5 Å². The minimum atomic E-state index is -4.68. The number of aliphatic hydroxyl groups is 1. The first-order chi connectivity index (χ1) is 20.3. The van der Waals surface area contributed by atoms with E-state index in [1.54, 1.807) is 0 Å². The summed E-state index contributed by atoms with van der Waals surface area (Å²) in [5, 5.41) is 13.4. The smallest absolute Gasteiger partial charge is 0.391 e. The van der Waals surface area contributed by atoms with Gasteiger partial charge >= 0.3 is 7.82 Å². The van der Waals surface area contributed by atoms with Gasteiger partial charge in [-0.3, -0.25) is 9.32 Å². The number of rotatable bonds is 33. The molecule has 42 heavy (non-hydrogen) atoms. The Labute approximate surface area is 260 Å². The van der Waals surface area contributed by atoms with Gasteiger partial charge in [-0.1, -0.05) is 174 Å². The van der Waals surface area contributed by atoms with E-state index in [2.05, 4.69) is 23.7 Å². The Morgan fingerprint density at radius 3 is 1.29 bits per heavy atom. The van der Waals surface area contributed by atoms with Crippen molar-refractivity contribution in [2.75, 3.05) is 6.61 Å². The van der Waals surface area contributed by atoms with Gasteiger partial charge in [-0.15, -0.1) is 0 Å². The summed E-state index contributed by atoms with van der Waals surface area (Å²) >= 11 is 0. The Morgan fingerprint density at radius 1 is 0.595 bits per heavy atom. The second-order valence-electron chi connectivity index (χ2n) is 12.6. The molecular weight excluding hydrogens is 549 g/mol. The Kier molecular flexibility index (Phi) is 30.2. The average Bonchev–Trinajstić information content (AvgIpc) is 2.95. The molecule has 0 aromatic carbocycles. The monoisotopic (exact) mass is 619 g/mol. The SMILES string of the molecule is CCCCCCCCCCCCCCCCC(=O)N[C@@H](COP(=O)(O)O)[C@H](O)CCCCCCCCCCCCCC. The van der Waals surface area contributed by atoms with Crippen LogP contribution in [-0.2, 0) is 13.9 Å². The maximum absolute atomic E-state index is 12.5. The highest BCUT2D eigenvalue weighted by molar-refractivity contribution is 7.46. The van der Waals surface area contributed by atoms with Crippen molar-refractivity contribution < 1.29 is 28.8 Å². The molecule has 252 valence electrons. The molecule has 0 unspecified atom stereocenters. The van der Waals surface area contributed by atoms with Gasteiger partial charge in [0.25, 0.3) is 0 Å². The molecule has 0 radical (unpaired) electrons. The van der Waals surface area contributed by atoms with Gasteiger partial charge in [0.2, 0.25) is 5.91 Å².